The van der Waals surface area contributed by atoms with Crippen LogP contribution in [0.15, 0.2) is 227 Å². The lowest BCUT2D eigenvalue weighted by molar-refractivity contribution is -0.153. The molecule has 0 bridgehead atoms. The van der Waals surface area contributed by atoms with Crippen molar-refractivity contribution in [1.29, 1.82) is 0 Å². The Morgan fingerprint density at radius 3 is 1.71 bits per heavy atom. The summed E-state index contributed by atoms with van der Waals surface area (Å²) in [6, 6.07) is 65.8. The Balaban J connectivity index is 1.04. The summed E-state index contributed by atoms with van der Waals surface area (Å²) >= 11 is 4.14. The molecule has 2 N–H and O–H groups in total. The van der Waals surface area contributed by atoms with Crippen molar-refractivity contribution in [3.63, 3.8) is 0 Å². The number of benzene rings is 7. The Labute approximate surface area is 454 Å². The normalized spacial score (nSPS) is 15.3. The number of thiazole rings is 1. The number of methoxy groups -OCH3 is 1. The molecule has 2 atom stereocenters. The van der Waals surface area contributed by atoms with Crippen LogP contribution in [0.5, 0.6) is 5.75 Å². The topological polar surface area (TPSA) is 131 Å². The number of aromatic nitrogens is 1. The second-order valence-electron chi connectivity index (χ2n) is 17.6. The van der Waals surface area contributed by atoms with E-state index in [1.165, 1.54) is 39.8 Å². The maximum atomic E-state index is 15.3. The van der Waals surface area contributed by atoms with Gasteiger partial charge in [-0.1, -0.05) is 205 Å². The van der Waals surface area contributed by atoms with Crippen molar-refractivity contribution in [2.45, 2.75) is 36.1 Å². The van der Waals surface area contributed by atoms with Crippen LogP contribution < -0.4 is 15.4 Å². The zero-order valence-corrected chi connectivity index (χ0v) is 43.9. The largest absolute Gasteiger partial charge is 0.497 e. The van der Waals surface area contributed by atoms with E-state index in [1.807, 2.05) is 158 Å². The molecule has 0 saturated carbocycles. The standard InChI is InChI=1S/C62H51N5O6S3/c1-3-4-39-74-52-42-75-58-54(57(69)67(58)55(52)59(70)72-40-43-35-37-50(71-2)38-36-43)64-56(68)53(66-73-62(47-29-17-8-18-30-47,48-31-19-9-20-32-48)49-33-21-10-22-34-49)51-41-76-60(63-51)65-61(44-23-11-5-12-24-44,45-25-13-6-14-26-45)46-27-15-7-16-28-46/h5-38,41,54,58H,39-40,42H2,1-2H3,(H,63,65)(H,64,68)/b66-53-/t54-,58-/m1/s1. The zero-order chi connectivity index (χ0) is 52.3. The van der Waals surface area contributed by atoms with Gasteiger partial charge in [0.05, 0.1) is 12.9 Å². The Morgan fingerprint density at radius 1 is 0.724 bits per heavy atom. The number of carbonyl (C=O) groups is 3. The molecule has 1 fully saturated rings. The Kier molecular flexibility index (Phi) is 15.8. The number of nitrogens with zero attached hydrogens (tertiary/aromatic N) is 3. The molecule has 7 aromatic carbocycles. The molecule has 2 amide bonds. The molecule has 2 aliphatic rings. The molecule has 14 heteroatoms. The summed E-state index contributed by atoms with van der Waals surface area (Å²) in [5, 5.41) is 13.3. The van der Waals surface area contributed by atoms with Gasteiger partial charge in [0.2, 0.25) is 5.60 Å². The van der Waals surface area contributed by atoms with E-state index < -0.39 is 40.3 Å². The quantitative estimate of drug-likeness (QED) is 0.0201. The molecule has 0 spiro atoms. The number of anilines is 1. The maximum Gasteiger partial charge on any atom is 0.356 e. The van der Waals surface area contributed by atoms with Crippen LogP contribution in [0.2, 0.25) is 0 Å². The van der Waals surface area contributed by atoms with E-state index in [-0.39, 0.29) is 23.7 Å². The van der Waals surface area contributed by atoms with Gasteiger partial charge in [-0.25, -0.2) is 9.78 Å². The predicted octanol–water partition coefficient (Wildman–Crippen LogP) is 11.4. The van der Waals surface area contributed by atoms with Crippen molar-refractivity contribution in [1.82, 2.24) is 15.2 Å². The first kappa shape index (κ1) is 51.1. The number of hydrogen-bond donors (Lipinski definition) is 2. The molecule has 0 aliphatic carbocycles. The minimum Gasteiger partial charge on any atom is -0.497 e. The van der Waals surface area contributed by atoms with Gasteiger partial charge in [-0.15, -0.1) is 40.8 Å². The lowest BCUT2D eigenvalue weighted by Crippen LogP contribution is -2.71. The summed E-state index contributed by atoms with van der Waals surface area (Å²) in [6.07, 6.45) is 0. The minimum absolute atomic E-state index is 0.0248. The fourth-order valence-electron chi connectivity index (χ4n) is 9.41. The predicted molar refractivity (Wildman–Crippen MR) is 303 cm³/mol. The number of fused-ring (bicyclic) bond motifs is 1. The number of carbonyl (C=O) groups excluding carboxylic acids is 3. The number of esters is 1. The van der Waals surface area contributed by atoms with Crippen molar-refractivity contribution < 1.29 is 28.7 Å². The number of ether oxygens (including phenoxy) is 2. The molecular weight excluding hydrogens is 1010 g/mol. The van der Waals surface area contributed by atoms with Gasteiger partial charge >= 0.3 is 5.97 Å². The summed E-state index contributed by atoms with van der Waals surface area (Å²) in [5.74, 6) is 5.58. The van der Waals surface area contributed by atoms with E-state index in [0.717, 1.165) is 38.9 Å². The van der Waals surface area contributed by atoms with Crippen molar-refractivity contribution in [3.05, 3.63) is 267 Å². The highest BCUT2D eigenvalue weighted by atomic mass is 32.2. The average Bonchev–Trinajstić information content (AvgIpc) is 3.95. The van der Waals surface area contributed by atoms with Crippen molar-refractivity contribution in [2.75, 3.05) is 23.9 Å². The summed E-state index contributed by atoms with van der Waals surface area (Å²) in [5.41, 5.74) is 3.81. The Hall–Kier alpha value is -8.35. The number of amides is 2. The Bertz CT molecular complexity index is 3230. The molecule has 3 heterocycles. The highest BCUT2D eigenvalue weighted by Crippen LogP contribution is 2.45. The minimum atomic E-state index is -1.36. The summed E-state index contributed by atoms with van der Waals surface area (Å²) in [6.45, 7) is 1.73. The van der Waals surface area contributed by atoms with Gasteiger partial charge in [-0.05, 0) is 41.3 Å². The van der Waals surface area contributed by atoms with E-state index in [9.17, 15) is 9.59 Å². The highest BCUT2D eigenvalue weighted by molar-refractivity contribution is 8.06. The number of oxime groups is 1. The van der Waals surface area contributed by atoms with Gasteiger partial charge in [0.15, 0.2) is 10.8 Å². The van der Waals surface area contributed by atoms with Crippen LogP contribution >= 0.6 is 34.9 Å². The molecule has 1 saturated heterocycles. The van der Waals surface area contributed by atoms with Crippen molar-refractivity contribution in [3.8, 4) is 17.6 Å². The first-order valence-corrected chi connectivity index (χ1v) is 27.4. The van der Waals surface area contributed by atoms with E-state index in [4.69, 9.17) is 24.5 Å². The number of thioether (sulfide) groups is 2. The van der Waals surface area contributed by atoms with Crippen LogP contribution in [0, 0.1) is 11.8 Å². The van der Waals surface area contributed by atoms with E-state index in [0.29, 0.717) is 27.3 Å². The average molecular weight is 1060 g/mol. The molecule has 1 aromatic heterocycles. The van der Waals surface area contributed by atoms with Crippen molar-refractivity contribution in [2.24, 2.45) is 5.16 Å². The lowest BCUT2D eigenvalue weighted by atomic mass is 9.77. The van der Waals surface area contributed by atoms with Gasteiger partial charge in [0.25, 0.3) is 11.8 Å². The van der Waals surface area contributed by atoms with Gasteiger partial charge in [0, 0.05) is 32.7 Å². The lowest BCUT2D eigenvalue weighted by Gasteiger charge is -2.49. The SMILES string of the molecule is CC#CCSC1=C(C(=O)OCc2ccc(OC)cc2)N2C(=O)[C@@H](NC(=O)/C(=N\OC(c3ccccc3)(c3ccccc3)c3ccccc3)c3csc(NC(c4ccccc4)(c4ccccc4)c4ccccc4)n3)[C@H]2SC1. The molecule has 2 aliphatic heterocycles. The summed E-state index contributed by atoms with van der Waals surface area (Å²) < 4.78 is 11.2. The fourth-order valence-corrected chi connectivity index (χ4v) is 12.6. The van der Waals surface area contributed by atoms with Gasteiger partial charge in [0.1, 0.15) is 40.7 Å². The zero-order valence-electron chi connectivity index (χ0n) is 41.5. The molecule has 10 rings (SSSR count). The summed E-state index contributed by atoms with van der Waals surface area (Å²) in [7, 11) is 1.58. The first-order chi connectivity index (χ1) is 37.3. The number of nitrogens with one attached hydrogen (secondary N) is 2. The molecule has 0 radical (unpaired) electrons. The third-order valence-corrected chi connectivity index (χ3v) is 16.3. The molecule has 0 unspecified atom stereocenters. The molecule has 76 heavy (non-hydrogen) atoms. The van der Waals surface area contributed by atoms with E-state index >= 15 is 4.79 Å². The van der Waals surface area contributed by atoms with Crippen LogP contribution in [-0.4, -0.2) is 63.4 Å². The van der Waals surface area contributed by atoms with Crippen LogP contribution in [0.4, 0.5) is 5.13 Å². The smallest absolute Gasteiger partial charge is 0.356 e. The highest BCUT2D eigenvalue weighted by Gasteiger charge is 2.55. The molecular formula is C62H51N5O6S3. The maximum absolute atomic E-state index is 15.3. The van der Waals surface area contributed by atoms with E-state index in [2.05, 4.69) is 58.9 Å². The third kappa shape index (κ3) is 10.4. The van der Waals surface area contributed by atoms with Crippen LogP contribution in [0.25, 0.3) is 0 Å². The number of rotatable bonds is 19. The van der Waals surface area contributed by atoms with Crippen LogP contribution in [-0.2, 0) is 41.7 Å². The second kappa shape index (κ2) is 23.5. The van der Waals surface area contributed by atoms with Crippen molar-refractivity contribution >= 4 is 63.5 Å². The molecule has 8 aromatic rings. The van der Waals surface area contributed by atoms with Gasteiger partial charge in [-0.3, -0.25) is 14.5 Å². The van der Waals surface area contributed by atoms with E-state index in [1.54, 1.807) is 31.5 Å². The Morgan fingerprint density at radius 2 is 1.22 bits per heavy atom. The van der Waals surface area contributed by atoms with Crippen LogP contribution in [0.3, 0.4) is 0 Å². The van der Waals surface area contributed by atoms with Gasteiger partial charge in [-0.2, -0.15) is 0 Å². The fraction of sp³-hybridized carbons (Fsp3) is 0.145. The number of hydrogen-bond acceptors (Lipinski definition) is 12. The summed E-state index contributed by atoms with van der Waals surface area (Å²) in [4.78, 5) is 58.2. The molecule has 11 nitrogen and oxygen atoms in total. The first-order valence-electron chi connectivity index (χ1n) is 24.5. The van der Waals surface area contributed by atoms with Crippen LogP contribution in [0.1, 0.15) is 51.6 Å². The van der Waals surface area contributed by atoms with Gasteiger partial charge < -0.3 is 24.9 Å². The molecule has 378 valence electrons. The second-order valence-corrected chi connectivity index (χ2v) is 20.6. The third-order valence-electron chi connectivity index (χ3n) is 13.1. The number of β-lactam (4-membered cyclic amide) rings is 1. The monoisotopic (exact) mass is 1060 g/mol.